The van der Waals surface area contributed by atoms with Gasteiger partial charge in [-0.05, 0) is 37.1 Å². The van der Waals surface area contributed by atoms with Crippen LogP contribution in [0.25, 0.3) is 0 Å². The van der Waals surface area contributed by atoms with Gasteiger partial charge in [0.25, 0.3) is 0 Å². The highest BCUT2D eigenvalue weighted by Gasteiger charge is 2.33. The van der Waals surface area contributed by atoms with Gasteiger partial charge in [0.05, 0.1) is 19.2 Å². The Morgan fingerprint density at radius 3 is 2.59 bits per heavy atom. The van der Waals surface area contributed by atoms with E-state index in [0.717, 1.165) is 33.8 Å². The smallest absolute Gasteiger partial charge is 0.434 e. The Hall–Kier alpha value is -2.49. The first-order chi connectivity index (χ1) is 13.9. The largest absolute Gasteiger partial charge is 0.497 e. The molecule has 0 bridgehead atoms. The number of nitrogens with zero attached hydrogens (tertiary/aromatic N) is 2. The van der Waals surface area contributed by atoms with Crippen LogP contribution >= 0.6 is 11.3 Å². The predicted molar refractivity (Wildman–Crippen MR) is 108 cm³/mol. The molecule has 0 saturated heterocycles. The summed E-state index contributed by atoms with van der Waals surface area (Å²) >= 11 is 0.997. The fourth-order valence-corrected chi connectivity index (χ4v) is 3.35. The molecule has 10 heteroatoms. The van der Waals surface area contributed by atoms with Crippen molar-refractivity contribution < 1.29 is 22.6 Å². The van der Waals surface area contributed by atoms with Crippen LogP contribution in [0.2, 0.25) is 0 Å². The lowest BCUT2D eigenvalue weighted by Gasteiger charge is -2.13. The molecule has 0 amide bonds. The van der Waals surface area contributed by atoms with Gasteiger partial charge in [-0.2, -0.15) is 13.2 Å². The van der Waals surface area contributed by atoms with E-state index in [1.807, 2.05) is 25.1 Å². The summed E-state index contributed by atoms with van der Waals surface area (Å²) in [7, 11) is 3.23. The van der Waals surface area contributed by atoms with E-state index in [4.69, 9.17) is 9.47 Å². The topological polar surface area (TPSA) is 67.8 Å². The van der Waals surface area contributed by atoms with Gasteiger partial charge < -0.3 is 20.1 Å². The SMILES string of the molecule is CCNC(=NCCc1nc(C(F)(F)F)cs1)NCCc1cc(OC)ccc1OC. The number of hydrogen-bond acceptors (Lipinski definition) is 5. The zero-order valence-corrected chi connectivity index (χ0v) is 17.4. The van der Waals surface area contributed by atoms with E-state index in [9.17, 15) is 13.2 Å². The molecule has 0 fully saturated rings. The summed E-state index contributed by atoms with van der Waals surface area (Å²) in [5.41, 5.74) is 0.149. The summed E-state index contributed by atoms with van der Waals surface area (Å²) in [5, 5.41) is 7.79. The molecule has 0 spiro atoms. The predicted octanol–water partition coefficient (Wildman–Crippen LogP) is 3.52. The van der Waals surface area contributed by atoms with Gasteiger partial charge in [-0.1, -0.05) is 0 Å². The van der Waals surface area contributed by atoms with Crippen LogP contribution in [-0.4, -0.2) is 44.8 Å². The lowest BCUT2D eigenvalue weighted by atomic mass is 10.1. The Kier molecular flexibility index (Phi) is 8.56. The van der Waals surface area contributed by atoms with E-state index < -0.39 is 11.9 Å². The minimum Gasteiger partial charge on any atom is -0.497 e. The maximum Gasteiger partial charge on any atom is 0.434 e. The van der Waals surface area contributed by atoms with Crippen LogP contribution in [0, 0.1) is 0 Å². The number of halogens is 3. The minimum absolute atomic E-state index is 0.336. The highest BCUT2D eigenvalue weighted by Crippen LogP contribution is 2.30. The Morgan fingerprint density at radius 1 is 1.17 bits per heavy atom. The second-order valence-corrected chi connectivity index (χ2v) is 6.93. The Balaban J connectivity index is 1.90. The number of guanidine groups is 1. The van der Waals surface area contributed by atoms with Crippen LogP contribution < -0.4 is 20.1 Å². The van der Waals surface area contributed by atoms with Crippen molar-refractivity contribution in [1.29, 1.82) is 0 Å². The first-order valence-electron chi connectivity index (χ1n) is 9.12. The number of methoxy groups -OCH3 is 2. The molecule has 160 valence electrons. The standard InChI is InChI=1S/C19H25F3N4O2S/c1-4-23-18(25-10-8-17-26-16(12-29-17)19(20,21)22)24-9-7-13-11-14(27-2)5-6-15(13)28-3/h5-6,11-12H,4,7-10H2,1-3H3,(H2,23,24,25). The molecule has 1 heterocycles. The third-order valence-corrected chi connectivity index (χ3v) is 4.86. The summed E-state index contributed by atoms with van der Waals surface area (Å²) in [6.07, 6.45) is -3.37. The van der Waals surface area contributed by atoms with Crippen LogP contribution in [0.1, 0.15) is 23.2 Å². The number of rotatable bonds is 9. The zero-order chi connectivity index (χ0) is 21.3. The summed E-state index contributed by atoms with van der Waals surface area (Å²) < 4.78 is 48.5. The quantitative estimate of drug-likeness (QED) is 0.471. The summed E-state index contributed by atoms with van der Waals surface area (Å²) in [6.45, 7) is 3.55. The lowest BCUT2D eigenvalue weighted by Crippen LogP contribution is -2.38. The molecule has 0 unspecified atom stereocenters. The second-order valence-electron chi connectivity index (χ2n) is 5.99. The van der Waals surface area contributed by atoms with Crippen molar-refractivity contribution >= 4 is 17.3 Å². The zero-order valence-electron chi connectivity index (χ0n) is 16.6. The first kappa shape index (κ1) is 22.8. The molecule has 1 aromatic carbocycles. The number of hydrogen-bond donors (Lipinski definition) is 2. The summed E-state index contributed by atoms with van der Waals surface area (Å²) in [4.78, 5) is 8.03. The van der Waals surface area contributed by atoms with Gasteiger partial charge in [0.2, 0.25) is 0 Å². The van der Waals surface area contributed by atoms with E-state index in [-0.39, 0.29) is 0 Å². The van der Waals surface area contributed by atoms with Crippen molar-refractivity contribution in [3.05, 3.63) is 39.8 Å². The molecule has 0 aliphatic carbocycles. The van der Waals surface area contributed by atoms with Gasteiger partial charge in [0.15, 0.2) is 11.7 Å². The van der Waals surface area contributed by atoms with Crippen molar-refractivity contribution in [1.82, 2.24) is 15.6 Å². The fourth-order valence-electron chi connectivity index (χ4n) is 2.55. The van der Waals surface area contributed by atoms with Gasteiger partial charge in [-0.15, -0.1) is 11.3 Å². The lowest BCUT2D eigenvalue weighted by molar-refractivity contribution is -0.140. The van der Waals surface area contributed by atoms with E-state index in [1.165, 1.54) is 0 Å². The van der Waals surface area contributed by atoms with Crippen molar-refractivity contribution in [2.24, 2.45) is 4.99 Å². The van der Waals surface area contributed by atoms with Crippen molar-refractivity contribution in [2.75, 3.05) is 33.9 Å². The third kappa shape index (κ3) is 7.12. The van der Waals surface area contributed by atoms with Crippen LogP contribution in [0.4, 0.5) is 13.2 Å². The second kappa shape index (κ2) is 10.9. The molecule has 29 heavy (non-hydrogen) atoms. The molecule has 0 atom stereocenters. The molecule has 1 aromatic heterocycles. The number of nitrogens with one attached hydrogen (secondary N) is 2. The van der Waals surface area contributed by atoms with Gasteiger partial charge >= 0.3 is 6.18 Å². The van der Waals surface area contributed by atoms with Gasteiger partial charge in [-0.3, -0.25) is 4.99 Å². The number of aliphatic imine (C=N–C) groups is 1. The van der Waals surface area contributed by atoms with E-state index in [1.54, 1.807) is 14.2 Å². The number of aromatic nitrogens is 1. The van der Waals surface area contributed by atoms with E-state index in [0.29, 0.717) is 43.4 Å². The fraction of sp³-hybridized carbons (Fsp3) is 0.474. The molecule has 0 aliphatic heterocycles. The molecule has 2 N–H and O–H groups in total. The minimum atomic E-state index is -4.41. The monoisotopic (exact) mass is 430 g/mol. The van der Waals surface area contributed by atoms with Crippen LogP contribution in [0.15, 0.2) is 28.6 Å². The van der Waals surface area contributed by atoms with Crippen molar-refractivity contribution in [3.8, 4) is 11.5 Å². The van der Waals surface area contributed by atoms with Gasteiger partial charge in [0, 0.05) is 31.4 Å². The molecule has 0 radical (unpaired) electrons. The summed E-state index contributed by atoms with van der Waals surface area (Å²) in [5.74, 6) is 2.13. The number of alkyl halides is 3. The number of ether oxygens (including phenoxy) is 2. The Morgan fingerprint density at radius 2 is 1.97 bits per heavy atom. The third-order valence-electron chi connectivity index (χ3n) is 3.96. The van der Waals surface area contributed by atoms with Crippen molar-refractivity contribution in [2.45, 2.75) is 25.9 Å². The van der Waals surface area contributed by atoms with Crippen LogP contribution in [0.5, 0.6) is 11.5 Å². The maximum absolute atomic E-state index is 12.6. The van der Waals surface area contributed by atoms with Gasteiger partial charge in [0.1, 0.15) is 11.5 Å². The highest BCUT2D eigenvalue weighted by atomic mass is 32.1. The maximum atomic E-state index is 12.6. The molecule has 0 saturated carbocycles. The Bertz CT molecular complexity index is 809. The average molecular weight is 430 g/mol. The first-order valence-corrected chi connectivity index (χ1v) is 10.00. The van der Waals surface area contributed by atoms with E-state index >= 15 is 0 Å². The highest BCUT2D eigenvalue weighted by molar-refractivity contribution is 7.09. The van der Waals surface area contributed by atoms with Crippen molar-refractivity contribution in [3.63, 3.8) is 0 Å². The summed E-state index contributed by atoms with van der Waals surface area (Å²) in [6, 6.07) is 5.62. The average Bonchev–Trinajstić information content (AvgIpc) is 3.17. The molecular formula is C19H25F3N4O2S. The van der Waals surface area contributed by atoms with Gasteiger partial charge in [-0.25, -0.2) is 4.98 Å². The van der Waals surface area contributed by atoms with Crippen LogP contribution in [-0.2, 0) is 19.0 Å². The number of thiazole rings is 1. The number of benzene rings is 1. The normalized spacial score (nSPS) is 12.0. The molecule has 6 nitrogen and oxygen atoms in total. The van der Waals surface area contributed by atoms with Crippen LogP contribution in [0.3, 0.4) is 0 Å². The molecule has 2 rings (SSSR count). The molecule has 0 aliphatic rings. The Labute approximate surface area is 172 Å². The molecule has 2 aromatic rings. The molecular weight excluding hydrogens is 405 g/mol. The van der Waals surface area contributed by atoms with E-state index in [2.05, 4.69) is 20.6 Å².